The Balaban J connectivity index is 2.66. The first-order valence-corrected chi connectivity index (χ1v) is 7.52. The highest BCUT2D eigenvalue weighted by molar-refractivity contribution is 5.81. The summed E-state index contributed by atoms with van der Waals surface area (Å²) in [6.45, 7) is 10.5. The largest absolute Gasteiger partial charge is 0.396 e. The van der Waals surface area contributed by atoms with Crippen molar-refractivity contribution in [3.8, 4) is 11.1 Å². The van der Waals surface area contributed by atoms with Gasteiger partial charge in [0.25, 0.3) is 0 Å². The van der Waals surface area contributed by atoms with Crippen LogP contribution in [0.15, 0.2) is 24.3 Å². The fraction of sp³-hybridized carbons (Fsp3) is 0.368. The second kappa shape index (κ2) is 5.88. The Labute approximate surface area is 127 Å². The molecule has 112 valence electrons. The fourth-order valence-electron chi connectivity index (χ4n) is 2.90. The van der Waals surface area contributed by atoms with Crippen molar-refractivity contribution >= 4 is 5.69 Å². The van der Waals surface area contributed by atoms with Crippen LogP contribution in [-0.4, -0.2) is 0 Å². The van der Waals surface area contributed by atoms with Crippen LogP contribution in [0.25, 0.3) is 11.1 Å². The molecule has 0 aliphatic rings. The van der Waals surface area contributed by atoms with E-state index >= 15 is 0 Å². The van der Waals surface area contributed by atoms with Gasteiger partial charge >= 0.3 is 0 Å². The van der Waals surface area contributed by atoms with Gasteiger partial charge in [-0.3, -0.25) is 0 Å². The number of nitrogens with two attached hydrogens (primary N) is 1. The van der Waals surface area contributed by atoms with Crippen molar-refractivity contribution in [3.63, 3.8) is 0 Å². The molecule has 2 N–H and O–H groups in total. The molecule has 0 aliphatic heterocycles. The van der Waals surface area contributed by atoms with Gasteiger partial charge in [-0.2, -0.15) is 0 Å². The summed E-state index contributed by atoms with van der Waals surface area (Å²) in [5.74, 6) is 0.192. The quantitative estimate of drug-likeness (QED) is 0.739. The van der Waals surface area contributed by atoms with Crippen molar-refractivity contribution in [3.05, 3.63) is 52.3 Å². The number of benzene rings is 2. The number of aryl methyl sites for hydroxylation is 3. The Morgan fingerprint density at radius 1 is 1.05 bits per heavy atom. The number of anilines is 1. The van der Waals surface area contributed by atoms with Gasteiger partial charge in [0, 0.05) is 5.56 Å². The van der Waals surface area contributed by atoms with Crippen LogP contribution >= 0.6 is 0 Å². The SMILES string of the molecule is CCC(C)c1cc(C)c(-c2cc(C)cc(F)c2N)c(C)c1. The number of nitrogen functional groups attached to an aromatic ring is 1. The molecule has 0 aliphatic carbocycles. The molecule has 0 heterocycles. The molecular formula is C19H24FN. The van der Waals surface area contributed by atoms with E-state index in [4.69, 9.17) is 5.73 Å². The normalized spacial score (nSPS) is 12.5. The molecule has 1 atom stereocenters. The third-order valence-electron chi connectivity index (χ3n) is 4.28. The Hall–Kier alpha value is -1.83. The third kappa shape index (κ3) is 2.94. The van der Waals surface area contributed by atoms with Crippen molar-refractivity contribution in [2.45, 2.75) is 47.0 Å². The van der Waals surface area contributed by atoms with E-state index in [1.807, 2.05) is 13.0 Å². The van der Waals surface area contributed by atoms with E-state index in [-0.39, 0.29) is 11.5 Å². The van der Waals surface area contributed by atoms with Crippen LogP contribution in [0.2, 0.25) is 0 Å². The van der Waals surface area contributed by atoms with Gasteiger partial charge in [0.2, 0.25) is 0 Å². The number of hydrogen-bond acceptors (Lipinski definition) is 1. The van der Waals surface area contributed by atoms with E-state index in [0.29, 0.717) is 5.92 Å². The summed E-state index contributed by atoms with van der Waals surface area (Å²) in [5.41, 5.74) is 12.6. The second-order valence-corrected chi connectivity index (χ2v) is 6.05. The first-order chi connectivity index (χ1) is 9.85. The van der Waals surface area contributed by atoms with Crippen LogP contribution in [0.1, 0.15) is 48.4 Å². The predicted molar refractivity (Wildman–Crippen MR) is 89.2 cm³/mol. The summed E-state index contributed by atoms with van der Waals surface area (Å²) in [7, 11) is 0. The van der Waals surface area contributed by atoms with Gasteiger partial charge < -0.3 is 5.73 Å². The first kappa shape index (κ1) is 15.6. The molecule has 2 heteroatoms. The van der Waals surface area contributed by atoms with Crippen LogP contribution in [0.4, 0.5) is 10.1 Å². The van der Waals surface area contributed by atoms with Crippen molar-refractivity contribution < 1.29 is 4.39 Å². The molecule has 1 unspecified atom stereocenters. The van der Waals surface area contributed by atoms with Gasteiger partial charge in [0.15, 0.2) is 0 Å². The minimum atomic E-state index is -0.338. The Morgan fingerprint density at radius 3 is 2.14 bits per heavy atom. The zero-order valence-corrected chi connectivity index (χ0v) is 13.5. The monoisotopic (exact) mass is 285 g/mol. The summed E-state index contributed by atoms with van der Waals surface area (Å²) >= 11 is 0. The van der Waals surface area contributed by atoms with Crippen molar-refractivity contribution in [1.82, 2.24) is 0 Å². The van der Waals surface area contributed by atoms with Crippen molar-refractivity contribution in [2.24, 2.45) is 0 Å². The molecule has 0 spiro atoms. The minimum absolute atomic E-state index is 0.239. The maximum atomic E-state index is 13.9. The molecule has 0 radical (unpaired) electrons. The maximum Gasteiger partial charge on any atom is 0.146 e. The highest BCUT2D eigenvalue weighted by Gasteiger charge is 2.15. The molecule has 0 aromatic heterocycles. The van der Waals surface area contributed by atoms with Crippen molar-refractivity contribution in [2.75, 3.05) is 5.73 Å². The molecule has 2 aromatic carbocycles. The van der Waals surface area contributed by atoms with E-state index in [1.54, 1.807) is 0 Å². The van der Waals surface area contributed by atoms with Crippen LogP contribution in [-0.2, 0) is 0 Å². The van der Waals surface area contributed by atoms with E-state index in [9.17, 15) is 4.39 Å². The molecule has 0 saturated carbocycles. The smallest absolute Gasteiger partial charge is 0.146 e. The molecule has 1 nitrogen and oxygen atoms in total. The number of rotatable bonds is 3. The molecule has 21 heavy (non-hydrogen) atoms. The van der Waals surface area contributed by atoms with Crippen LogP contribution < -0.4 is 5.73 Å². The van der Waals surface area contributed by atoms with Gasteiger partial charge in [0.05, 0.1) is 5.69 Å². The predicted octanol–water partition coefficient (Wildman–Crippen LogP) is 5.51. The molecule has 0 bridgehead atoms. The molecule has 0 amide bonds. The molecule has 0 fully saturated rings. The van der Waals surface area contributed by atoms with Gasteiger partial charge in [-0.15, -0.1) is 0 Å². The lowest BCUT2D eigenvalue weighted by atomic mass is 9.88. The Morgan fingerprint density at radius 2 is 1.62 bits per heavy atom. The zero-order chi connectivity index (χ0) is 15.7. The first-order valence-electron chi connectivity index (χ1n) is 7.52. The topological polar surface area (TPSA) is 26.0 Å². The number of halogens is 1. The molecular weight excluding hydrogens is 261 g/mol. The summed E-state index contributed by atoms with van der Waals surface area (Å²) in [6.07, 6.45) is 1.11. The van der Waals surface area contributed by atoms with Crippen LogP contribution in [0, 0.1) is 26.6 Å². The van der Waals surface area contributed by atoms with Gasteiger partial charge in [-0.1, -0.05) is 26.0 Å². The standard InChI is InChI=1S/C19H24FN/c1-6-12(3)15-9-13(4)18(14(5)10-15)16-7-11(2)8-17(20)19(16)21/h7-10,12H,6,21H2,1-5H3. The highest BCUT2D eigenvalue weighted by atomic mass is 19.1. The van der Waals surface area contributed by atoms with Crippen LogP contribution in [0.3, 0.4) is 0 Å². The third-order valence-corrected chi connectivity index (χ3v) is 4.28. The maximum absolute atomic E-state index is 13.9. The second-order valence-electron chi connectivity index (χ2n) is 6.05. The molecule has 2 aromatic rings. The summed E-state index contributed by atoms with van der Waals surface area (Å²) in [5, 5.41) is 0. The lowest BCUT2D eigenvalue weighted by Crippen LogP contribution is -2.01. The highest BCUT2D eigenvalue weighted by Crippen LogP contribution is 2.36. The van der Waals surface area contributed by atoms with E-state index in [1.165, 1.54) is 11.6 Å². The lowest BCUT2D eigenvalue weighted by molar-refractivity contribution is 0.632. The van der Waals surface area contributed by atoms with Gasteiger partial charge in [-0.25, -0.2) is 4.39 Å². The summed E-state index contributed by atoms with van der Waals surface area (Å²) < 4.78 is 13.9. The van der Waals surface area contributed by atoms with Gasteiger partial charge in [0.1, 0.15) is 5.82 Å². The summed E-state index contributed by atoms with van der Waals surface area (Å²) in [4.78, 5) is 0. The van der Waals surface area contributed by atoms with Crippen LogP contribution in [0.5, 0.6) is 0 Å². The van der Waals surface area contributed by atoms with Gasteiger partial charge in [-0.05, 0) is 73.1 Å². The van der Waals surface area contributed by atoms with E-state index in [0.717, 1.165) is 34.2 Å². The average molecular weight is 285 g/mol. The van der Waals surface area contributed by atoms with E-state index < -0.39 is 0 Å². The lowest BCUT2D eigenvalue weighted by Gasteiger charge is -2.18. The Kier molecular flexibility index (Phi) is 4.36. The summed E-state index contributed by atoms with van der Waals surface area (Å²) in [6, 6.07) is 7.86. The minimum Gasteiger partial charge on any atom is -0.396 e. The number of hydrogen-bond donors (Lipinski definition) is 1. The van der Waals surface area contributed by atoms with Crippen molar-refractivity contribution in [1.29, 1.82) is 0 Å². The average Bonchev–Trinajstić information content (AvgIpc) is 2.42. The molecule has 0 saturated heterocycles. The Bertz CT molecular complexity index is 651. The van der Waals surface area contributed by atoms with E-state index in [2.05, 4.69) is 39.8 Å². The fourth-order valence-corrected chi connectivity index (χ4v) is 2.90. The zero-order valence-electron chi connectivity index (χ0n) is 13.5. The molecule has 2 rings (SSSR count).